The van der Waals surface area contributed by atoms with Gasteiger partial charge in [0.2, 0.25) is 0 Å². The average Bonchev–Trinajstić information content (AvgIpc) is 3.24. The zero-order chi connectivity index (χ0) is 14.8. The molecule has 1 amide bonds. The maximum atomic E-state index is 12.0. The van der Waals surface area contributed by atoms with Crippen LogP contribution in [0.2, 0.25) is 0 Å². The van der Waals surface area contributed by atoms with Crippen LogP contribution in [0, 0.1) is 12.8 Å². The van der Waals surface area contributed by atoms with Crippen molar-refractivity contribution in [3.63, 3.8) is 0 Å². The first kappa shape index (κ1) is 14.1. The fourth-order valence-corrected chi connectivity index (χ4v) is 3.05. The summed E-state index contributed by atoms with van der Waals surface area (Å²) in [5, 5.41) is 8.12. The van der Waals surface area contributed by atoms with Gasteiger partial charge in [-0.1, -0.05) is 0 Å². The molecule has 1 aliphatic rings. The lowest BCUT2D eigenvalue weighted by molar-refractivity contribution is 0.0963. The van der Waals surface area contributed by atoms with Crippen molar-refractivity contribution in [3.8, 4) is 10.6 Å². The molecule has 0 saturated heterocycles. The standard InChI is InChI=1S/C16H19N3OS/c1-10-7-14(21-9-10)13-6-5-12(16(20)17-2)15(19-13)18-8-11-3-4-11/h5-7,9,11H,3-4,8H2,1-2H3,(H,17,20)(H,18,19). The fourth-order valence-electron chi connectivity index (χ4n) is 2.18. The van der Waals surface area contributed by atoms with Crippen LogP contribution in [0.1, 0.15) is 28.8 Å². The number of carbonyl (C=O) groups is 1. The summed E-state index contributed by atoms with van der Waals surface area (Å²) in [5.74, 6) is 1.32. The molecule has 4 nitrogen and oxygen atoms in total. The van der Waals surface area contributed by atoms with Crippen LogP contribution in [0.3, 0.4) is 0 Å². The highest BCUT2D eigenvalue weighted by atomic mass is 32.1. The van der Waals surface area contributed by atoms with Gasteiger partial charge in [0.25, 0.3) is 5.91 Å². The van der Waals surface area contributed by atoms with Crippen LogP contribution in [0.5, 0.6) is 0 Å². The van der Waals surface area contributed by atoms with Gasteiger partial charge in [0, 0.05) is 13.6 Å². The van der Waals surface area contributed by atoms with Crippen LogP contribution in [0.25, 0.3) is 10.6 Å². The zero-order valence-corrected chi connectivity index (χ0v) is 13.1. The number of nitrogens with zero attached hydrogens (tertiary/aromatic N) is 1. The summed E-state index contributed by atoms with van der Waals surface area (Å²) < 4.78 is 0. The minimum atomic E-state index is -0.102. The highest BCUT2D eigenvalue weighted by molar-refractivity contribution is 7.13. The maximum absolute atomic E-state index is 12.0. The van der Waals surface area contributed by atoms with E-state index in [9.17, 15) is 4.79 Å². The lowest BCUT2D eigenvalue weighted by atomic mass is 10.2. The summed E-state index contributed by atoms with van der Waals surface area (Å²) in [6.07, 6.45) is 2.54. The first-order chi connectivity index (χ1) is 10.2. The highest BCUT2D eigenvalue weighted by Gasteiger charge is 2.22. The second kappa shape index (κ2) is 5.85. The molecule has 110 valence electrons. The summed E-state index contributed by atoms with van der Waals surface area (Å²) in [4.78, 5) is 17.8. The van der Waals surface area contributed by atoms with Crippen molar-refractivity contribution in [2.75, 3.05) is 18.9 Å². The number of aromatic nitrogens is 1. The zero-order valence-electron chi connectivity index (χ0n) is 12.3. The van der Waals surface area contributed by atoms with Crippen LogP contribution < -0.4 is 10.6 Å². The molecule has 0 spiro atoms. The molecule has 5 heteroatoms. The van der Waals surface area contributed by atoms with E-state index in [1.807, 2.05) is 12.1 Å². The molecule has 2 aromatic rings. The lowest BCUT2D eigenvalue weighted by Crippen LogP contribution is -2.21. The number of pyridine rings is 1. The normalized spacial score (nSPS) is 14.0. The molecule has 1 saturated carbocycles. The number of aryl methyl sites for hydroxylation is 1. The molecule has 21 heavy (non-hydrogen) atoms. The van der Waals surface area contributed by atoms with Crippen molar-refractivity contribution >= 4 is 23.1 Å². The number of amides is 1. The number of hydrogen-bond acceptors (Lipinski definition) is 4. The molecule has 1 aliphatic carbocycles. The Morgan fingerprint density at radius 2 is 2.24 bits per heavy atom. The van der Waals surface area contributed by atoms with Crippen molar-refractivity contribution in [1.29, 1.82) is 0 Å². The number of hydrogen-bond donors (Lipinski definition) is 2. The SMILES string of the molecule is CNC(=O)c1ccc(-c2cc(C)cs2)nc1NCC1CC1. The van der Waals surface area contributed by atoms with Gasteiger partial charge >= 0.3 is 0 Å². The lowest BCUT2D eigenvalue weighted by Gasteiger charge is -2.11. The Labute approximate surface area is 128 Å². The third-order valence-corrected chi connectivity index (χ3v) is 4.68. The number of anilines is 1. The van der Waals surface area contributed by atoms with Crippen molar-refractivity contribution in [2.45, 2.75) is 19.8 Å². The van der Waals surface area contributed by atoms with E-state index in [1.54, 1.807) is 18.4 Å². The molecule has 0 aromatic carbocycles. The van der Waals surface area contributed by atoms with Crippen LogP contribution in [-0.2, 0) is 0 Å². The summed E-state index contributed by atoms with van der Waals surface area (Å²) >= 11 is 1.68. The molecule has 2 heterocycles. The molecule has 0 radical (unpaired) electrons. The summed E-state index contributed by atoms with van der Waals surface area (Å²) in [6, 6.07) is 5.89. The third kappa shape index (κ3) is 3.24. The molecule has 3 rings (SSSR count). The van der Waals surface area contributed by atoms with Gasteiger partial charge in [-0.2, -0.15) is 0 Å². The maximum Gasteiger partial charge on any atom is 0.254 e. The van der Waals surface area contributed by atoms with Crippen LogP contribution in [0.4, 0.5) is 5.82 Å². The predicted octanol–water partition coefficient (Wildman–Crippen LogP) is 3.30. The largest absolute Gasteiger partial charge is 0.369 e. The Balaban J connectivity index is 1.92. The Kier molecular flexibility index (Phi) is 3.92. The first-order valence-corrected chi connectivity index (χ1v) is 8.08. The van der Waals surface area contributed by atoms with Crippen LogP contribution in [-0.4, -0.2) is 24.5 Å². The predicted molar refractivity (Wildman–Crippen MR) is 86.9 cm³/mol. The van der Waals surface area contributed by atoms with E-state index in [0.717, 1.165) is 23.0 Å². The number of nitrogens with one attached hydrogen (secondary N) is 2. The van der Waals surface area contributed by atoms with E-state index < -0.39 is 0 Å². The number of carbonyl (C=O) groups excluding carboxylic acids is 1. The molecule has 0 unspecified atom stereocenters. The Morgan fingerprint density at radius 1 is 1.43 bits per heavy atom. The minimum Gasteiger partial charge on any atom is -0.369 e. The Morgan fingerprint density at radius 3 is 2.86 bits per heavy atom. The molecule has 0 atom stereocenters. The second-order valence-electron chi connectivity index (χ2n) is 5.48. The van der Waals surface area contributed by atoms with E-state index >= 15 is 0 Å². The van der Waals surface area contributed by atoms with Gasteiger partial charge in [-0.05, 0) is 54.8 Å². The molecular formula is C16H19N3OS. The molecular weight excluding hydrogens is 282 g/mol. The molecule has 2 N–H and O–H groups in total. The average molecular weight is 301 g/mol. The van der Waals surface area contributed by atoms with Crippen LogP contribution in [0.15, 0.2) is 23.6 Å². The van der Waals surface area contributed by atoms with E-state index in [0.29, 0.717) is 11.4 Å². The van der Waals surface area contributed by atoms with Gasteiger partial charge in [0.1, 0.15) is 5.82 Å². The van der Waals surface area contributed by atoms with Gasteiger partial charge < -0.3 is 10.6 Å². The Bertz CT molecular complexity index is 661. The summed E-state index contributed by atoms with van der Waals surface area (Å²) in [6.45, 7) is 2.97. The first-order valence-electron chi connectivity index (χ1n) is 7.20. The van der Waals surface area contributed by atoms with Crippen molar-refractivity contribution in [2.24, 2.45) is 5.92 Å². The fraction of sp³-hybridized carbons (Fsp3) is 0.375. The topological polar surface area (TPSA) is 54.0 Å². The van der Waals surface area contributed by atoms with Gasteiger partial charge in [0.15, 0.2) is 0 Å². The summed E-state index contributed by atoms with van der Waals surface area (Å²) in [5.41, 5.74) is 2.76. The van der Waals surface area contributed by atoms with E-state index in [1.165, 1.54) is 18.4 Å². The van der Waals surface area contributed by atoms with Crippen molar-refractivity contribution in [3.05, 3.63) is 34.7 Å². The molecule has 0 aliphatic heterocycles. The minimum absolute atomic E-state index is 0.102. The van der Waals surface area contributed by atoms with E-state index in [-0.39, 0.29) is 5.91 Å². The van der Waals surface area contributed by atoms with Gasteiger partial charge in [-0.3, -0.25) is 4.79 Å². The van der Waals surface area contributed by atoms with Crippen molar-refractivity contribution < 1.29 is 4.79 Å². The number of rotatable bonds is 5. The smallest absolute Gasteiger partial charge is 0.254 e. The van der Waals surface area contributed by atoms with Gasteiger partial charge in [-0.25, -0.2) is 4.98 Å². The highest BCUT2D eigenvalue weighted by Crippen LogP contribution is 2.31. The van der Waals surface area contributed by atoms with Crippen molar-refractivity contribution in [1.82, 2.24) is 10.3 Å². The van der Waals surface area contributed by atoms with Gasteiger partial charge in [-0.15, -0.1) is 11.3 Å². The second-order valence-corrected chi connectivity index (χ2v) is 6.40. The quantitative estimate of drug-likeness (QED) is 0.891. The van der Waals surface area contributed by atoms with E-state index in [2.05, 4.69) is 34.0 Å². The Hall–Kier alpha value is -1.88. The van der Waals surface area contributed by atoms with Gasteiger partial charge in [0.05, 0.1) is 16.1 Å². The van der Waals surface area contributed by atoms with Crippen LogP contribution >= 0.6 is 11.3 Å². The molecule has 0 bridgehead atoms. The molecule has 2 aromatic heterocycles. The third-order valence-electron chi connectivity index (χ3n) is 3.61. The summed E-state index contributed by atoms with van der Waals surface area (Å²) in [7, 11) is 1.64. The van der Waals surface area contributed by atoms with E-state index in [4.69, 9.17) is 0 Å². The molecule has 1 fully saturated rings. The monoisotopic (exact) mass is 301 g/mol. The number of thiophene rings is 1.